The fourth-order valence-electron chi connectivity index (χ4n) is 10.2. The van der Waals surface area contributed by atoms with Crippen molar-refractivity contribution >= 4 is 17.5 Å². The number of ketones is 2. The number of hydrogen-bond donors (Lipinski definition) is 2. The molecule has 5 aliphatic rings. The van der Waals surface area contributed by atoms with Gasteiger partial charge in [0.15, 0.2) is 11.6 Å². The highest BCUT2D eigenvalue weighted by Crippen LogP contribution is 2.69. The number of fused-ring (bicyclic) bond motifs is 7. The molecule has 5 heteroatoms. The van der Waals surface area contributed by atoms with Gasteiger partial charge in [-0.2, -0.15) is 0 Å². The minimum atomic E-state index is -0.844. The summed E-state index contributed by atoms with van der Waals surface area (Å²) in [7, 11) is 0. The van der Waals surface area contributed by atoms with Crippen LogP contribution in [0.25, 0.3) is 0 Å². The lowest BCUT2D eigenvalue weighted by Crippen LogP contribution is -2.68. The zero-order valence-corrected chi connectivity index (χ0v) is 24.1. The number of Topliss-reactive ketones (excluding diaryl/α,β-unsaturated/α-hetero) is 1. The minimum absolute atomic E-state index is 0.0427. The van der Waals surface area contributed by atoms with Crippen LogP contribution in [0, 0.1) is 51.8 Å². The van der Waals surface area contributed by atoms with Gasteiger partial charge in [0.25, 0.3) is 0 Å². The van der Waals surface area contributed by atoms with E-state index in [2.05, 4.69) is 39.9 Å². The van der Waals surface area contributed by atoms with Gasteiger partial charge in [-0.15, -0.1) is 0 Å². The molecule has 0 radical (unpaired) electrons. The van der Waals surface area contributed by atoms with Gasteiger partial charge in [-0.05, 0) is 111 Å². The van der Waals surface area contributed by atoms with Crippen molar-refractivity contribution in [1.82, 2.24) is 5.32 Å². The molecule has 5 unspecified atom stereocenters. The van der Waals surface area contributed by atoms with Crippen molar-refractivity contribution in [1.29, 1.82) is 0 Å². The van der Waals surface area contributed by atoms with E-state index in [0.717, 1.165) is 57.9 Å². The third-order valence-electron chi connectivity index (χ3n) is 12.3. The second kappa shape index (κ2) is 9.03. The van der Waals surface area contributed by atoms with Crippen molar-refractivity contribution in [3.8, 4) is 0 Å². The molecule has 0 spiro atoms. The van der Waals surface area contributed by atoms with Gasteiger partial charge in [0.2, 0.25) is 5.91 Å². The second-order valence-corrected chi connectivity index (χ2v) is 15.0. The van der Waals surface area contributed by atoms with Crippen LogP contribution >= 0.6 is 0 Å². The zero-order chi connectivity index (χ0) is 27.0. The molecule has 0 bridgehead atoms. The van der Waals surface area contributed by atoms with E-state index in [1.54, 1.807) is 0 Å². The molecule has 9 atom stereocenters. The summed E-state index contributed by atoms with van der Waals surface area (Å²) >= 11 is 0. The summed E-state index contributed by atoms with van der Waals surface area (Å²) in [6, 6.07) is 0. The van der Waals surface area contributed by atoms with Crippen LogP contribution in [0.15, 0.2) is 11.6 Å². The maximum absolute atomic E-state index is 14.2. The van der Waals surface area contributed by atoms with E-state index in [1.807, 2.05) is 13.0 Å². The van der Waals surface area contributed by atoms with Gasteiger partial charge in [-0.3, -0.25) is 14.4 Å². The molecule has 0 heterocycles. The smallest absolute Gasteiger partial charge is 0.223 e. The Hall–Kier alpha value is -1.49. The predicted molar refractivity (Wildman–Crippen MR) is 146 cm³/mol. The molecule has 4 fully saturated rings. The standard InChI is InChI=1S/C32H50N2O3/c1-19(2)11-16-34-28(37)20-7-12-29(3)13-8-22-21(23(29)17-20)18-24(35)27-30(22,4)14-9-25-31(27,5)15-10-26(36)32(25,6)33/h18-20,22-23,25,27H,7-17,33H2,1-6H3,(H,34,37)/t20-,22?,23?,25?,27?,29+,30?,31-,32+/m0/s1. The molecular weight excluding hydrogens is 460 g/mol. The summed E-state index contributed by atoms with van der Waals surface area (Å²) in [4.78, 5) is 40.1. The van der Waals surface area contributed by atoms with E-state index in [4.69, 9.17) is 5.73 Å². The average Bonchev–Trinajstić information content (AvgIpc) is 2.80. The van der Waals surface area contributed by atoms with Gasteiger partial charge in [0, 0.05) is 24.8 Å². The van der Waals surface area contributed by atoms with Crippen LogP contribution in [-0.2, 0) is 14.4 Å². The third-order valence-corrected chi connectivity index (χ3v) is 12.3. The maximum atomic E-state index is 14.2. The van der Waals surface area contributed by atoms with Crippen LogP contribution in [0.5, 0.6) is 0 Å². The normalized spacial score (nSPS) is 47.4. The molecule has 0 aromatic heterocycles. The SMILES string of the molecule is CC(C)CCNC(=O)[C@H]1CC[C@]2(C)CCC3C(=CC(=O)C4C3(C)CCC3[C@]4(C)CCC(=O)[C@]3(C)N)C2C1. The fraction of sp³-hybridized carbons (Fsp3) is 0.844. The van der Waals surface area contributed by atoms with Gasteiger partial charge >= 0.3 is 0 Å². The van der Waals surface area contributed by atoms with Crippen LogP contribution in [0.3, 0.4) is 0 Å². The highest BCUT2D eigenvalue weighted by Gasteiger charge is 2.66. The van der Waals surface area contributed by atoms with Gasteiger partial charge in [-0.1, -0.05) is 40.2 Å². The molecule has 5 aliphatic carbocycles. The van der Waals surface area contributed by atoms with E-state index in [-0.39, 0.29) is 51.5 Å². The highest BCUT2D eigenvalue weighted by atomic mass is 16.2. The summed E-state index contributed by atoms with van der Waals surface area (Å²) in [6.07, 6.45) is 11.4. The van der Waals surface area contributed by atoms with E-state index < -0.39 is 5.54 Å². The molecule has 4 saturated carbocycles. The van der Waals surface area contributed by atoms with E-state index in [9.17, 15) is 14.4 Å². The molecule has 0 aromatic carbocycles. The first-order valence-electron chi connectivity index (χ1n) is 15.1. The Morgan fingerprint density at radius 2 is 1.70 bits per heavy atom. The van der Waals surface area contributed by atoms with Crippen LogP contribution in [0.1, 0.15) is 106 Å². The molecule has 3 N–H and O–H groups in total. The van der Waals surface area contributed by atoms with Crippen LogP contribution in [0.2, 0.25) is 0 Å². The van der Waals surface area contributed by atoms with E-state index in [1.165, 1.54) is 12.0 Å². The number of nitrogens with two attached hydrogens (primary N) is 1. The quantitative estimate of drug-likeness (QED) is 0.514. The van der Waals surface area contributed by atoms with Crippen LogP contribution < -0.4 is 11.1 Å². The Morgan fingerprint density at radius 3 is 2.41 bits per heavy atom. The molecule has 5 nitrogen and oxygen atoms in total. The molecule has 0 aromatic rings. The van der Waals surface area contributed by atoms with Gasteiger partial charge in [-0.25, -0.2) is 0 Å². The van der Waals surface area contributed by atoms with Crippen LogP contribution in [0.4, 0.5) is 0 Å². The molecule has 1 amide bonds. The van der Waals surface area contributed by atoms with Gasteiger partial charge < -0.3 is 11.1 Å². The number of carbonyl (C=O) groups excluding carboxylic acids is 3. The summed E-state index contributed by atoms with van der Waals surface area (Å²) in [6.45, 7) is 14.1. The molecular formula is C32H50N2O3. The Bertz CT molecular complexity index is 1010. The number of carbonyl (C=O) groups is 3. The number of amides is 1. The van der Waals surface area contributed by atoms with Crippen molar-refractivity contribution < 1.29 is 14.4 Å². The minimum Gasteiger partial charge on any atom is -0.356 e. The largest absolute Gasteiger partial charge is 0.356 e. The molecule has 5 rings (SSSR count). The molecule has 0 aliphatic heterocycles. The summed E-state index contributed by atoms with van der Waals surface area (Å²) in [5.41, 5.74) is 7.03. The van der Waals surface area contributed by atoms with Crippen molar-refractivity contribution in [2.75, 3.05) is 6.54 Å². The Kier molecular flexibility index (Phi) is 6.61. The molecule has 206 valence electrons. The zero-order valence-electron chi connectivity index (χ0n) is 24.1. The lowest BCUT2D eigenvalue weighted by atomic mass is 9.38. The lowest BCUT2D eigenvalue weighted by molar-refractivity contribution is -0.167. The Labute approximate surface area is 224 Å². The predicted octanol–water partition coefficient (Wildman–Crippen LogP) is 5.61. The molecule has 0 saturated heterocycles. The first-order valence-corrected chi connectivity index (χ1v) is 15.1. The van der Waals surface area contributed by atoms with Crippen LogP contribution in [-0.4, -0.2) is 29.6 Å². The van der Waals surface area contributed by atoms with E-state index >= 15 is 0 Å². The van der Waals surface area contributed by atoms with Gasteiger partial charge in [0.1, 0.15) is 0 Å². The van der Waals surface area contributed by atoms with Gasteiger partial charge in [0.05, 0.1) is 5.54 Å². The van der Waals surface area contributed by atoms with Crippen molar-refractivity contribution in [3.63, 3.8) is 0 Å². The molecule has 37 heavy (non-hydrogen) atoms. The lowest BCUT2D eigenvalue weighted by Gasteiger charge is -2.66. The topological polar surface area (TPSA) is 89.3 Å². The number of nitrogens with one attached hydrogen (secondary N) is 1. The van der Waals surface area contributed by atoms with Crippen molar-refractivity contribution in [2.45, 2.75) is 111 Å². The first kappa shape index (κ1) is 27.1. The average molecular weight is 511 g/mol. The van der Waals surface area contributed by atoms with Crippen molar-refractivity contribution in [3.05, 3.63) is 11.6 Å². The number of hydrogen-bond acceptors (Lipinski definition) is 4. The Balaban J connectivity index is 1.44. The monoisotopic (exact) mass is 510 g/mol. The van der Waals surface area contributed by atoms with Crippen molar-refractivity contribution in [2.24, 2.45) is 57.5 Å². The summed E-state index contributed by atoms with van der Waals surface area (Å²) < 4.78 is 0. The number of rotatable bonds is 4. The summed E-state index contributed by atoms with van der Waals surface area (Å²) in [5, 5.41) is 3.21. The number of allylic oxidation sites excluding steroid dienone is 2. The third kappa shape index (κ3) is 4.08. The van der Waals surface area contributed by atoms with E-state index in [0.29, 0.717) is 24.2 Å². The summed E-state index contributed by atoms with van der Waals surface area (Å²) in [5.74, 6) is 1.92. The first-order chi connectivity index (χ1) is 17.2. The maximum Gasteiger partial charge on any atom is 0.223 e. The Morgan fingerprint density at radius 1 is 1.00 bits per heavy atom. The fourth-order valence-corrected chi connectivity index (χ4v) is 10.2. The second-order valence-electron chi connectivity index (χ2n) is 15.0. The highest BCUT2D eigenvalue weighted by molar-refractivity contribution is 5.96.